The SMILES string of the molecule is COc1ccc(CC(=O)O[C@H](C)c2nnc(-c3ccc(C)cc3)o2)cc1. The molecule has 3 rings (SSSR count). The lowest BCUT2D eigenvalue weighted by molar-refractivity contribution is -0.148. The second-order valence-electron chi connectivity index (χ2n) is 5.97. The van der Waals surface area contributed by atoms with Crippen LogP contribution in [0.2, 0.25) is 0 Å². The molecule has 0 aliphatic carbocycles. The Morgan fingerprint density at radius 2 is 1.77 bits per heavy atom. The van der Waals surface area contributed by atoms with Crippen molar-refractivity contribution < 1.29 is 18.7 Å². The number of rotatable bonds is 6. The highest BCUT2D eigenvalue weighted by Crippen LogP contribution is 2.23. The number of ether oxygens (including phenoxy) is 2. The topological polar surface area (TPSA) is 74.5 Å². The van der Waals surface area contributed by atoms with Crippen molar-refractivity contribution in [1.82, 2.24) is 10.2 Å². The molecule has 1 atom stereocenters. The lowest BCUT2D eigenvalue weighted by Gasteiger charge is -2.09. The molecule has 0 N–H and O–H groups in total. The Hall–Kier alpha value is -3.15. The van der Waals surface area contributed by atoms with Crippen molar-refractivity contribution in [2.24, 2.45) is 0 Å². The van der Waals surface area contributed by atoms with Crippen LogP contribution in [0.3, 0.4) is 0 Å². The molecule has 134 valence electrons. The first-order valence-electron chi connectivity index (χ1n) is 8.28. The fraction of sp³-hybridized carbons (Fsp3) is 0.250. The van der Waals surface area contributed by atoms with Gasteiger partial charge in [-0.1, -0.05) is 29.8 Å². The third-order valence-electron chi connectivity index (χ3n) is 3.90. The molecule has 0 spiro atoms. The maximum atomic E-state index is 12.1. The van der Waals surface area contributed by atoms with E-state index < -0.39 is 6.10 Å². The zero-order chi connectivity index (χ0) is 18.5. The summed E-state index contributed by atoms with van der Waals surface area (Å²) < 4.78 is 16.1. The van der Waals surface area contributed by atoms with E-state index in [2.05, 4.69) is 10.2 Å². The van der Waals surface area contributed by atoms with Crippen molar-refractivity contribution in [3.63, 3.8) is 0 Å². The van der Waals surface area contributed by atoms with Crippen LogP contribution < -0.4 is 4.74 Å². The van der Waals surface area contributed by atoms with Crippen molar-refractivity contribution in [2.45, 2.75) is 26.4 Å². The molecule has 0 radical (unpaired) electrons. The zero-order valence-electron chi connectivity index (χ0n) is 14.9. The molecule has 2 aromatic carbocycles. The minimum Gasteiger partial charge on any atom is -0.497 e. The van der Waals surface area contributed by atoms with Gasteiger partial charge in [-0.25, -0.2) is 0 Å². The van der Waals surface area contributed by atoms with Gasteiger partial charge in [0.2, 0.25) is 5.89 Å². The molecule has 0 bridgehead atoms. The van der Waals surface area contributed by atoms with Gasteiger partial charge in [-0.3, -0.25) is 4.79 Å². The first kappa shape index (κ1) is 17.7. The van der Waals surface area contributed by atoms with E-state index in [-0.39, 0.29) is 18.3 Å². The number of nitrogens with zero attached hydrogens (tertiary/aromatic N) is 2. The lowest BCUT2D eigenvalue weighted by Crippen LogP contribution is -2.11. The Kier molecular flexibility index (Phi) is 5.31. The van der Waals surface area contributed by atoms with Crippen LogP contribution in [0, 0.1) is 6.92 Å². The van der Waals surface area contributed by atoms with Crippen molar-refractivity contribution in [2.75, 3.05) is 7.11 Å². The van der Waals surface area contributed by atoms with Crippen LogP contribution in [0.5, 0.6) is 5.75 Å². The van der Waals surface area contributed by atoms with Gasteiger partial charge in [0.1, 0.15) is 5.75 Å². The maximum Gasteiger partial charge on any atom is 0.311 e. The van der Waals surface area contributed by atoms with Gasteiger partial charge in [0.15, 0.2) is 6.10 Å². The average Bonchev–Trinajstić information content (AvgIpc) is 3.13. The molecule has 6 nitrogen and oxygen atoms in total. The summed E-state index contributed by atoms with van der Waals surface area (Å²) in [4.78, 5) is 12.1. The van der Waals surface area contributed by atoms with Gasteiger partial charge in [-0.2, -0.15) is 0 Å². The van der Waals surface area contributed by atoms with Crippen LogP contribution >= 0.6 is 0 Å². The van der Waals surface area contributed by atoms with Gasteiger partial charge < -0.3 is 13.9 Å². The molecular weight excluding hydrogens is 332 g/mol. The number of carbonyl (C=O) groups excluding carboxylic acids is 1. The molecule has 0 aliphatic rings. The Labute approximate surface area is 151 Å². The van der Waals surface area contributed by atoms with Crippen molar-refractivity contribution in [1.29, 1.82) is 0 Å². The molecule has 0 saturated heterocycles. The minimum absolute atomic E-state index is 0.160. The molecule has 0 fully saturated rings. The number of benzene rings is 2. The number of hydrogen-bond donors (Lipinski definition) is 0. The van der Waals surface area contributed by atoms with Gasteiger partial charge in [0.05, 0.1) is 13.5 Å². The quantitative estimate of drug-likeness (QED) is 0.626. The molecule has 26 heavy (non-hydrogen) atoms. The van der Waals surface area contributed by atoms with Gasteiger partial charge in [-0.05, 0) is 43.7 Å². The zero-order valence-corrected chi connectivity index (χ0v) is 14.9. The van der Waals surface area contributed by atoms with Gasteiger partial charge in [0.25, 0.3) is 5.89 Å². The van der Waals surface area contributed by atoms with Crippen LogP contribution in [-0.2, 0) is 16.0 Å². The number of esters is 1. The number of carbonyl (C=O) groups is 1. The maximum absolute atomic E-state index is 12.1. The number of hydrogen-bond acceptors (Lipinski definition) is 6. The Balaban J connectivity index is 1.61. The van der Waals surface area contributed by atoms with E-state index in [1.165, 1.54) is 0 Å². The van der Waals surface area contributed by atoms with E-state index in [1.807, 2.05) is 43.3 Å². The highest BCUT2D eigenvalue weighted by Gasteiger charge is 2.19. The van der Waals surface area contributed by atoms with E-state index in [9.17, 15) is 4.79 Å². The molecule has 0 aliphatic heterocycles. The van der Waals surface area contributed by atoms with Crippen LogP contribution in [0.4, 0.5) is 0 Å². The predicted octanol–water partition coefficient (Wildman–Crippen LogP) is 3.90. The van der Waals surface area contributed by atoms with Gasteiger partial charge >= 0.3 is 5.97 Å². The van der Waals surface area contributed by atoms with Gasteiger partial charge in [-0.15, -0.1) is 10.2 Å². The van der Waals surface area contributed by atoms with Crippen LogP contribution in [0.25, 0.3) is 11.5 Å². The van der Waals surface area contributed by atoms with Gasteiger partial charge in [0, 0.05) is 5.56 Å². The van der Waals surface area contributed by atoms with Crippen LogP contribution in [0.15, 0.2) is 52.9 Å². The fourth-order valence-electron chi connectivity index (χ4n) is 2.41. The fourth-order valence-corrected chi connectivity index (χ4v) is 2.41. The highest BCUT2D eigenvalue weighted by molar-refractivity contribution is 5.72. The monoisotopic (exact) mass is 352 g/mol. The van der Waals surface area contributed by atoms with Crippen LogP contribution in [-0.4, -0.2) is 23.3 Å². The third kappa shape index (κ3) is 4.27. The molecule has 0 unspecified atom stereocenters. The molecule has 6 heteroatoms. The highest BCUT2D eigenvalue weighted by atomic mass is 16.6. The first-order valence-corrected chi connectivity index (χ1v) is 8.28. The average molecular weight is 352 g/mol. The van der Waals surface area contributed by atoms with E-state index in [0.717, 1.165) is 22.4 Å². The molecule has 1 heterocycles. The Morgan fingerprint density at radius 3 is 2.42 bits per heavy atom. The van der Waals surface area contributed by atoms with E-state index in [4.69, 9.17) is 13.9 Å². The molecule has 0 amide bonds. The molecule has 1 aromatic heterocycles. The van der Waals surface area contributed by atoms with E-state index in [1.54, 1.807) is 26.2 Å². The Bertz CT molecular complexity index is 870. The van der Waals surface area contributed by atoms with Crippen molar-refractivity contribution in [3.8, 4) is 17.2 Å². The summed E-state index contributed by atoms with van der Waals surface area (Å²) in [6, 6.07) is 15.0. The normalized spacial score (nSPS) is 11.8. The smallest absolute Gasteiger partial charge is 0.311 e. The summed E-state index contributed by atoms with van der Waals surface area (Å²) in [6.45, 7) is 3.71. The lowest BCUT2D eigenvalue weighted by atomic mass is 10.1. The number of aryl methyl sites for hydroxylation is 1. The summed E-state index contributed by atoms with van der Waals surface area (Å²) in [5, 5.41) is 8.01. The van der Waals surface area contributed by atoms with Crippen LogP contribution in [0.1, 0.15) is 30.0 Å². The third-order valence-corrected chi connectivity index (χ3v) is 3.90. The van der Waals surface area contributed by atoms with E-state index >= 15 is 0 Å². The van der Waals surface area contributed by atoms with E-state index in [0.29, 0.717) is 5.89 Å². The second kappa shape index (κ2) is 7.82. The summed E-state index contributed by atoms with van der Waals surface area (Å²) in [7, 11) is 1.60. The summed E-state index contributed by atoms with van der Waals surface area (Å²) in [5.41, 5.74) is 2.81. The predicted molar refractivity (Wildman–Crippen MR) is 95.7 cm³/mol. The first-order chi connectivity index (χ1) is 12.5. The summed E-state index contributed by atoms with van der Waals surface area (Å²) in [6.07, 6.45) is -0.458. The van der Waals surface area contributed by atoms with Crippen molar-refractivity contribution in [3.05, 3.63) is 65.5 Å². The largest absolute Gasteiger partial charge is 0.497 e. The summed E-state index contributed by atoms with van der Waals surface area (Å²) >= 11 is 0. The summed E-state index contributed by atoms with van der Waals surface area (Å²) in [5.74, 6) is 1.05. The standard InChI is InChI=1S/C20H20N2O4/c1-13-4-8-16(9-5-13)20-22-21-19(26-20)14(2)25-18(23)12-15-6-10-17(24-3)11-7-15/h4-11,14H,12H2,1-3H3/t14-/m1/s1. The van der Waals surface area contributed by atoms with Crippen molar-refractivity contribution >= 4 is 5.97 Å². The number of aromatic nitrogens is 2. The molecule has 0 saturated carbocycles. The molecular formula is C20H20N2O4. The Morgan fingerprint density at radius 1 is 1.08 bits per heavy atom. The second-order valence-corrected chi connectivity index (χ2v) is 5.97. The minimum atomic E-state index is -0.618. The number of methoxy groups -OCH3 is 1. The molecule has 3 aromatic rings.